The topological polar surface area (TPSA) is 114 Å². The number of rotatable bonds is 5. The molecule has 0 aliphatic heterocycles. The lowest BCUT2D eigenvalue weighted by Gasteiger charge is -2.09. The average molecular weight is 373 g/mol. The second-order valence-corrected chi connectivity index (χ2v) is 5.35. The number of anilines is 1. The van der Waals surface area contributed by atoms with Gasteiger partial charge in [-0.25, -0.2) is 9.18 Å². The third kappa shape index (κ3) is 6.24. The summed E-state index contributed by atoms with van der Waals surface area (Å²) in [4.78, 5) is 46.4. The third-order valence-corrected chi connectivity index (χ3v) is 3.17. The molecular weight excluding hydrogens is 357 g/mol. The molecule has 0 aromatic heterocycles. The van der Waals surface area contributed by atoms with Crippen LogP contribution in [-0.4, -0.2) is 30.3 Å². The smallest absolute Gasteiger partial charge is 0.338 e. The average Bonchev–Trinajstić information content (AvgIpc) is 2.64. The number of benzene rings is 2. The van der Waals surface area contributed by atoms with Crippen molar-refractivity contribution in [3.05, 3.63) is 65.5 Å². The van der Waals surface area contributed by atoms with E-state index in [-0.39, 0.29) is 17.0 Å². The van der Waals surface area contributed by atoms with Crippen LogP contribution in [0.15, 0.2) is 48.5 Å². The number of ether oxygens (including phenoxy) is 1. The molecule has 0 aliphatic rings. The lowest BCUT2D eigenvalue weighted by atomic mass is 10.2. The molecule has 8 nitrogen and oxygen atoms in total. The number of esters is 1. The maximum Gasteiger partial charge on any atom is 0.338 e. The Balaban J connectivity index is 1.81. The minimum absolute atomic E-state index is 0.142. The molecule has 0 saturated carbocycles. The summed E-state index contributed by atoms with van der Waals surface area (Å²) in [5.41, 5.74) is 4.88. The Bertz CT molecular complexity index is 868. The van der Waals surface area contributed by atoms with Gasteiger partial charge >= 0.3 is 5.97 Å². The first-order chi connectivity index (χ1) is 12.8. The summed E-state index contributed by atoms with van der Waals surface area (Å²) in [5, 5.41) is 2.52. The molecule has 2 rings (SSSR count). The molecule has 3 N–H and O–H groups in total. The molecule has 140 valence electrons. The number of carbonyl (C=O) groups excluding carboxylic acids is 4. The van der Waals surface area contributed by atoms with E-state index < -0.39 is 30.2 Å². The Morgan fingerprint density at radius 3 is 2.33 bits per heavy atom. The van der Waals surface area contributed by atoms with E-state index in [1.54, 1.807) is 12.1 Å². The first kappa shape index (κ1) is 19.6. The van der Waals surface area contributed by atoms with Crippen molar-refractivity contribution in [1.82, 2.24) is 10.9 Å². The van der Waals surface area contributed by atoms with Crippen LogP contribution >= 0.6 is 0 Å². The molecule has 0 aliphatic carbocycles. The quantitative estimate of drug-likeness (QED) is 0.542. The van der Waals surface area contributed by atoms with Crippen LogP contribution in [-0.2, 0) is 14.3 Å². The predicted octanol–water partition coefficient (Wildman–Crippen LogP) is 1.40. The van der Waals surface area contributed by atoms with Crippen molar-refractivity contribution < 1.29 is 28.3 Å². The van der Waals surface area contributed by atoms with Crippen molar-refractivity contribution >= 4 is 29.4 Å². The molecule has 0 spiro atoms. The molecule has 0 atom stereocenters. The van der Waals surface area contributed by atoms with Gasteiger partial charge in [-0.15, -0.1) is 0 Å². The number of hydrazine groups is 1. The van der Waals surface area contributed by atoms with Crippen molar-refractivity contribution in [1.29, 1.82) is 0 Å². The largest absolute Gasteiger partial charge is 0.452 e. The highest BCUT2D eigenvalue weighted by Gasteiger charge is 2.12. The van der Waals surface area contributed by atoms with Gasteiger partial charge in [0.1, 0.15) is 5.82 Å². The SMILES string of the molecule is CC(=O)Nc1cccc(C(=O)OCC(=O)NNC(=O)c2ccc(F)cc2)c1. The Morgan fingerprint density at radius 2 is 1.67 bits per heavy atom. The van der Waals surface area contributed by atoms with Crippen LogP contribution < -0.4 is 16.2 Å². The Labute approximate surface area is 153 Å². The zero-order chi connectivity index (χ0) is 19.8. The van der Waals surface area contributed by atoms with Gasteiger partial charge in [0.2, 0.25) is 5.91 Å². The van der Waals surface area contributed by atoms with Crippen LogP contribution in [0.25, 0.3) is 0 Å². The van der Waals surface area contributed by atoms with Crippen molar-refractivity contribution in [2.45, 2.75) is 6.92 Å². The summed E-state index contributed by atoms with van der Waals surface area (Å²) in [5.74, 6) is -2.99. The minimum Gasteiger partial charge on any atom is -0.452 e. The summed E-state index contributed by atoms with van der Waals surface area (Å²) in [7, 11) is 0. The van der Waals surface area contributed by atoms with Gasteiger partial charge in [-0.2, -0.15) is 0 Å². The van der Waals surface area contributed by atoms with Gasteiger partial charge in [-0.1, -0.05) is 6.07 Å². The molecule has 2 aromatic rings. The summed E-state index contributed by atoms with van der Waals surface area (Å²) in [6.45, 7) is 0.697. The van der Waals surface area contributed by atoms with E-state index in [0.717, 1.165) is 12.1 Å². The maximum absolute atomic E-state index is 12.8. The van der Waals surface area contributed by atoms with Gasteiger partial charge < -0.3 is 10.1 Å². The fourth-order valence-corrected chi connectivity index (χ4v) is 1.98. The van der Waals surface area contributed by atoms with Gasteiger partial charge in [0.05, 0.1) is 5.56 Å². The number of amides is 3. The second kappa shape index (κ2) is 9.09. The number of hydrogen-bond acceptors (Lipinski definition) is 5. The maximum atomic E-state index is 12.8. The third-order valence-electron chi connectivity index (χ3n) is 3.17. The summed E-state index contributed by atoms with van der Waals surface area (Å²) in [6, 6.07) is 10.7. The molecule has 9 heteroatoms. The zero-order valence-corrected chi connectivity index (χ0v) is 14.2. The van der Waals surface area contributed by atoms with Crippen LogP contribution in [0.1, 0.15) is 27.6 Å². The standard InChI is InChI=1S/C18H16FN3O5/c1-11(23)20-15-4-2-3-13(9-15)18(26)27-10-16(24)21-22-17(25)12-5-7-14(19)8-6-12/h2-9H,10H2,1H3,(H,20,23)(H,21,24)(H,22,25). The number of nitrogens with one attached hydrogen (secondary N) is 3. The van der Waals surface area contributed by atoms with Gasteiger partial charge in [-0.3, -0.25) is 25.2 Å². The number of carbonyl (C=O) groups is 4. The Morgan fingerprint density at radius 1 is 0.963 bits per heavy atom. The first-order valence-corrected chi connectivity index (χ1v) is 7.74. The molecule has 2 aromatic carbocycles. The fourth-order valence-electron chi connectivity index (χ4n) is 1.98. The molecule has 0 fully saturated rings. The summed E-state index contributed by atoms with van der Waals surface area (Å²) >= 11 is 0. The molecule has 3 amide bonds. The Hall–Kier alpha value is -3.75. The van der Waals surface area contributed by atoms with Crippen LogP contribution in [0.4, 0.5) is 10.1 Å². The van der Waals surface area contributed by atoms with Crippen LogP contribution in [0.3, 0.4) is 0 Å². The lowest BCUT2D eigenvalue weighted by molar-refractivity contribution is -0.125. The number of halogens is 1. The summed E-state index contributed by atoms with van der Waals surface area (Å²) in [6.07, 6.45) is 0. The van der Waals surface area contributed by atoms with E-state index in [1.807, 2.05) is 0 Å². The van der Waals surface area contributed by atoms with E-state index >= 15 is 0 Å². The minimum atomic E-state index is -0.776. The Kier molecular flexibility index (Phi) is 6.59. The van der Waals surface area contributed by atoms with Crippen LogP contribution in [0.2, 0.25) is 0 Å². The van der Waals surface area contributed by atoms with E-state index in [2.05, 4.69) is 16.2 Å². The zero-order valence-electron chi connectivity index (χ0n) is 14.2. The van der Waals surface area contributed by atoms with Crippen molar-refractivity contribution in [3.63, 3.8) is 0 Å². The van der Waals surface area contributed by atoms with Gasteiger partial charge in [-0.05, 0) is 42.5 Å². The van der Waals surface area contributed by atoms with Crippen LogP contribution in [0, 0.1) is 5.82 Å². The normalized spacial score (nSPS) is 9.85. The van der Waals surface area contributed by atoms with Crippen molar-refractivity contribution in [2.24, 2.45) is 0 Å². The predicted molar refractivity (Wildman–Crippen MR) is 93.0 cm³/mol. The number of hydrogen-bond donors (Lipinski definition) is 3. The van der Waals surface area contributed by atoms with E-state index in [4.69, 9.17) is 4.74 Å². The summed E-state index contributed by atoms with van der Waals surface area (Å²) < 4.78 is 17.6. The van der Waals surface area contributed by atoms with Crippen LogP contribution in [0.5, 0.6) is 0 Å². The van der Waals surface area contributed by atoms with Crippen molar-refractivity contribution in [2.75, 3.05) is 11.9 Å². The fraction of sp³-hybridized carbons (Fsp3) is 0.111. The van der Waals surface area contributed by atoms with Gasteiger partial charge in [0.15, 0.2) is 6.61 Å². The molecular formula is C18H16FN3O5. The molecule has 0 saturated heterocycles. The second-order valence-electron chi connectivity index (χ2n) is 5.35. The van der Waals surface area contributed by atoms with Gasteiger partial charge in [0, 0.05) is 18.2 Å². The highest BCUT2D eigenvalue weighted by Crippen LogP contribution is 2.11. The molecule has 0 radical (unpaired) electrons. The lowest BCUT2D eigenvalue weighted by Crippen LogP contribution is -2.43. The molecule has 0 heterocycles. The molecule has 27 heavy (non-hydrogen) atoms. The monoisotopic (exact) mass is 373 g/mol. The first-order valence-electron chi connectivity index (χ1n) is 7.74. The molecule has 0 unspecified atom stereocenters. The van der Waals surface area contributed by atoms with E-state index in [0.29, 0.717) is 5.69 Å². The highest BCUT2D eigenvalue weighted by molar-refractivity contribution is 5.96. The van der Waals surface area contributed by atoms with E-state index in [1.165, 1.54) is 31.2 Å². The molecule has 0 bridgehead atoms. The highest BCUT2D eigenvalue weighted by atomic mass is 19.1. The van der Waals surface area contributed by atoms with Gasteiger partial charge in [0.25, 0.3) is 11.8 Å². The van der Waals surface area contributed by atoms with E-state index in [9.17, 15) is 23.6 Å². The van der Waals surface area contributed by atoms with Crippen molar-refractivity contribution in [3.8, 4) is 0 Å².